The lowest BCUT2D eigenvalue weighted by molar-refractivity contribution is 0.425. The number of fused-ring (bicyclic) bond motifs is 1. The normalized spacial score (nSPS) is 10.4. The highest BCUT2D eigenvalue weighted by Gasteiger charge is 2.17. The summed E-state index contributed by atoms with van der Waals surface area (Å²) in [7, 11) is -1.46. The molecule has 0 aliphatic carbocycles. The Hall–Kier alpha value is -1.58. The van der Waals surface area contributed by atoms with Crippen molar-refractivity contribution >= 4 is 28.9 Å². The summed E-state index contributed by atoms with van der Waals surface area (Å²) in [5.74, 6) is 0. The maximum Gasteiger partial charge on any atom is 0.489 e. The summed E-state index contributed by atoms with van der Waals surface area (Å²) >= 11 is 0. The van der Waals surface area contributed by atoms with Gasteiger partial charge in [-0.05, 0) is 28.7 Å². The van der Waals surface area contributed by atoms with Crippen LogP contribution in [0.1, 0.15) is 12.5 Å². The molecular formula is C13H13BO2. The van der Waals surface area contributed by atoms with Crippen molar-refractivity contribution in [1.82, 2.24) is 0 Å². The van der Waals surface area contributed by atoms with Crippen molar-refractivity contribution in [1.29, 1.82) is 0 Å². The van der Waals surface area contributed by atoms with Crippen LogP contribution in [-0.2, 0) is 0 Å². The Kier molecular flexibility index (Phi) is 2.81. The summed E-state index contributed by atoms with van der Waals surface area (Å²) in [4.78, 5) is 0. The first kappa shape index (κ1) is 10.9. The molecule has 2 aromatic carbocycles. The van der Waals surface area contributed by atoms with Crippen LogP contribution in [0.25, 0.3) is 16.3 Å². The predicted octanol–water partition coefficient (Wildman–Crippen LogP) is 1.55. The third kappa shape index (κ3) is 1.75. The van der Waals surface area contributed by atoms with E-state index in [4.69, 9.17) is 0 Å². The van der Waals surface area contributed by atoms with E-state index < -0.39 is 7.12 Å². The molecule has 0 radical (unpaired) electrons. The first-order valence-electron chi connectivity index (χ1n) is 5.15. The van der Waals surface area contributed by atoms with E-state index >= 15 is 0 Å². The van der Waals surface area contributed by atoms with Crippen LogP contribution >= 0.6 is 0 Å². The van der Waals surface area contributed by atoms with Crippen LogP contribution in [0.15, 0.2) is 43.0 Å². The second-order valence-electron chi connectivity index (χ2n) is 3.90. The van der Waals surface area contributed by atoms with Gasteiger partial charge in [0.1, 0.15) is 0 Å². The zero-order valence-electron chi connectivity index (χ0n) is 9.14. The first-order valence-corrected chi connectivity index (χ1v) is 5.15. The summed E-state index contributed by atoms with van der Waals surface area (Å²) in [6, 6.07) is 11.5. The Morgan fingerprint density at radius 3 is 2.44 bits per heavy atom. The minimum atomic E-state index is -1.46. The van der Waals surface area contributed by atoms with Crippen LogP contribution in [0.5, 0.6) is 0 Å². The largest absolute Gasteiger partial charge is 0.489 e. The van der Waals surface area contributed by atoms with Crippen molar-refractivity contribution < 1.29 is 10.0 Å². The number of hydrogen-bond acceptors (Lipinski definition) is 2. The van der Waals surface area contributed by atoms with Gasteiger partial charge in [0.15, 0.2) is 0 Å². The molecule has 0 saturated heterocycles. The van der Waals surface area contributed by atoms with Crippen LogP contribution in [0.3, 0.4) is 0 Å². The molecule has 0 atom stereocenters. The van der Waals surface area contributed by atoms with E-state index in [0.717, 1.165) is 21.9 Å². The fraction of sp³-hybridized carbons (Fsp3) is 0.0769. The molecule has 16 heavy (non-hydrogen) atoms. The van der Waals surface area contributed by atoms with Gasteiger partial charge in [-0.15, -0.1) is 0 Å². The Labute approximate surface area is 95.0 Å². The van der Waals surface area contributed by atoms with Gasteiger partial charge >= 0.3 is 7.12 Å². The van der Waals surface area contributed by atoms with E-state index in [1.54, 1.807) is 6.07 Å². The maximum absolute atomic E-state index is 9.33. The minimum absolute atomic E-state index is 0.506. The molecule has 0 unspecified atom stereocenters. The molecule has 0 aliphatic rings. The monoisotopic (exact) mass is 212 g/mol. The molecule has 0 heterocycles. The molecule has 80 valence electrons. The third-order valence-corrected chi connectivity index (χ3v) is 2.67. The van der Waals surface area contributed by atoms with E-state index in [1.165, 1.54) is 0 Å². The van der Waals surface area contributed by atoms with E-state index in [9.17, 15) is 10.0 Å². The number of benzene rings is 2. The molecule has 2 nitrogen and oxygen atoms in total. The van der Waals surface area contributed by atoms with Crippen LogP contribution in [0.2, 0.25) is 0 Å². The number of rotatable bonds is 2. The number of hydrogen-bond donors (Lipinski definition) is 2. The van der Waals surface area contributed by atoms with Crippen LogP contribution in [0.4, 0.5) is 0 Å². The van der Waals surface area contributed by atoms with Crippen molar-refractivity contribution in [3.8, 4) is 0 Å². The van der Waals surface area contributed by atoms with Gasteiger partial charge in [-0.1, -0.05) is 48.6 Å². The minimum Gasteiger partial charge on any atom is -0.423 e. The van der Waals surface area contributed by atoms with Crippen LogP contribution < -0.4 is 5.46 Å². The Balaban J connectivity index is 2.84. The van der Waals surface area contributed by atoms with E-state index in [-0.39, 0.29) is 0 Å². The average Bonchev–Trinajstić information content (AvgIpc) is 2.27. The van der Waals surface area contributed by atoms with Gasteiger partial charge in [0, 0.05) is 0 Å². The highest BCUT2D eigenvalue weighted by Crippen LogP contribution is 2.22. The fourth-order valence-corrected chi connectivity index (χ4v) is 1.98. The highest BCUT2D eigenvalue weighted by atomic mass is 16.4. The molecule has 2 rings (SSSR count). The molecule has 2 N–H and O–H groups in total. The fourth-order valence-electron chi connectivity index (χ4n) is 1.98. The SMILES string of the molecule is C=C(C)c1c(B(O)O)ccc2ccccc12. The lowest BCUT2D eigenvalue weighted by Gasteiger charge is -2.12. The van der Waals surface area contributed by atoms with Gasteiger partial charge in [-0.3, -0.25) is 0 Å². The van der Waals surface area contributed by atoms with Gasteiger partial charge in [0.05, 0.1) is 0 Å². The zero-order chi connectivity index (χ0) is 11.7. The quantitative estimate of drug-likeness (QED) is 0.741. The van der Waals surface area contributed by atoms with Gasteiger partial charge in [0.2, 0.25) is 0 Å². The van der Waals surface area contributed by atoms with Crippen molar-refractivity contribution in [2.75, 3.05) is 0 Å². The molecule has 0 bridgehead atoms. The summed E-state index contributed by atoms with van der Waals surface area (Å²) in [6.07, 6.45) is 0. The van der Waals surface area contributed by atoms with E-state index in [0.29, 0.717) is 5.46 Å². The van der Waals surface area contributed by atoms with Gasteiger partial charge in [0.25, 0.3) is 0 Å². The summed E-state index contributed by atoms with van der Waals surface area (Å²) in [5.41, 5.74) is 2.17. The van der Waals surface area contributed by atoms with Gasteiger partial charge in [-0.2, -0.15) is 0 Å². The van der Waals surface area contributed by atoms with Crippen molar-refractivity contribution in [3.05, 3.63) is 48.5 Å². The second kappa shape index (κ2) is 4.12. The maximum atomic E-state index is 9.33. The molecule has 0 spiro atoms. The van der Waals surface area contributed by atoms with Gasteiger partial charge in [-0.25, -0.2) is 0 Å². The first-order chi connectivity index (χ1) is 7.61. The molecule has 2 aromatic rings. The highest BCUT2D eigenvalue weighted by molar-refractivity contribution is 6.60. The second-order valence-corrected chi connectivity index (χ2v) is 3.90. The van der Waals surface area contributed by atoms with Crippen molar-refractivity contribution in [2.24, 2.45) is 0 Å². The predicted molar refractivity (Wildman–Crippen MR) is 68.5 cm³/mol. The molecule has 0 aromatic heterocycles. The van der Waals surface area contributed by atoms with E-state index in [1.807, 2.05) is 37.3 Å². The zero-order valence-corrected chi connectivity index (χ0v) is 9.14. The summed E-state index contributed by atoms with van der Waals surface area (Å²) in [6.45, 7) is 5.77. The Bertz CT molecular complexity index is 547. The molecule has 3 heteroatoms. The lowest BCUT2D eigenvalue weighted by atomic mass is 9.74. The topological polar surface area (TPSA) is 40.5 Å². The van der Waals surface area contributed by atoms with Gasteiger partial charge < -0.3 is 10.0 Å². The van der Waals surface area contributed by atoms with Crippen molar-refractivity contribution in [2.45, 2.75) is 6.92 Å². The molecular weight excluding hydrogens is 199 g/mol. The van der Waals surface area contributed by atoms with E-state index in [2.05, 4.69) is 6.58 Å². The van der Waals surface area contributed by atoms with Crippen LogP contribution in [-0.4, -0.2) is 17.2 Å². The van der Waals surface area contributed by atoms with Crippen molar-refractivity contribution in [3.63, 3.8) is 0 Å². The summed E-state index contributed by atoms with van der Waals surface area (Å²) in [5, 5.41) is 20.7. The molecule has 0 aliphatic heterocycles. The third-order valence-electron chi connectivity index (χ3n) is 2.67. The summed E-state index contributed by atoms with van der Waals surface area (Å²) < 4.78 is 0. The molecule has 0 amide bonds. The van der Waals surface area contributed by atoms with Crippen LogP contribution in [0, 0.1) is 0 Å². The molecule has 0 saturated carbocycles. The number of allylic oxidation sites excluding steroid dienone is 1. The average molecular weight is 212 g/mol. The standard InChI is InChI=1S/C13H13BO2/c1-9(2)13-11-6-4-3-5-10(11)7-8-12(13)14(15)16/h3-8,15-16H,1H2,2H3. The Morgan fingerprint density at radius 2 is 1.81 bits per heavy atom. The smallest absolute Gasteiger partial charge is 0.423 e. The molecule has 0 fully saturated rings. The lowest BCUT2D eigenvalue weighted by Crippen LogP contribution is -2.32. The Morgan fingerprint density at radius 1 is 1.12 bits per heavy atom.